The van der Waals surface area contributed by atoms with Crippen LogP contribution in [0.1, 0.15) is 12.7 Å². The van der Waals surface area contributed by atoms with Crippen molar-refractivity contribution in [2.45, 2.75) is 18.6 Å². The molecule has 1 heterocycles. The first-order chi connectivity index (χ1) is 5.60. The molecule has 4 nitrogen and oxygen atoms in total. The second kappa shape index (κ2) is 3.28. The Morgan fingerprint density at radius 2 is 2.17 bits per heavy atom. The predicted molar refractivity (Wildman–Crippen MR) is 42.4 cm³/mol. The maximum absolute atomic E-state index is 11.2. The third-order valence-corrected chi connectivity index (χ3v) is 3.07. The van der Waals surface area contributed by atoms with Crippen LogP contribution in [0.3, 0.4) is 0 Å². The number of rotatable bonds is 3. The van der Waals surface area contributed by atoms with Gasteiger partial charge in [0.1, 0.15) is 12.4 Å². The Hall–Kier alpha value is -0.810. The van der Waals surface area contributed by atoms with Crippen molar-refractivity contribution in [3.63, 3.8) is 0 Å². The Bertz CT molecular complexity index is 349. The normalized spacial score (nSPS) is 11.8. The minimum atomic E-state index is -3.27. The Balaban J connectivity index is 3.05. The van der Waals surface area contributed by atoms with E-state index in [1.807, 2.05) is 0 Å². The molecule has 0 aliphatic rings. The molecule has 0 spiro atoms. The molecule has 5 heteroatoms. The summed E-state index contributed by atoms with van der Waals surface area (Å²) in [6.45, 7) is 1.26. The first-order valence-corrected chi connectivity index (χ1v) is 5.17. The zero-order chi connectivity index (χ0) is 9.19. The van der Waals surface area contributed by atoms with Crippen LogP contribution in [0, 0.1) is 0 Å². The second-order valence-electron chi connectivity index (χ2n) is 2.28. The Kier molecular flexibility index (Phi) is 2.54. The van der Waals surface area contributed by atoms with Gasteiger partial charge in [-0.05, 0) is 12.1 Å². The summed E-state index contributed by atoms with van der Waals surface area (Å²) >= 11 is 0. The molecule has 0 unspecified atom stereocenters. The number of sulfone groups is 1. The topological polar surface area (TPSA) is 67.5 Å². The number of hydrogen-bond donors (Lipinski definition) is 1. The summed E-state index contributed by atoms with van der Waals surface area (Å²) in [5, 5.41) is 8.53. The van der Waals surface area contributed by atoms with E-state index in [4.69, 9.17) is 9.52 Å². The number of aliphatic hydroxyl groups excluding tert-OH is 1. The Morgan fingerprint density at radius 1 is 1.50 bits per heavy atom. The maximum Gasteiger partial charge on any atom is 0.218 e. The molecular weight excluding hydrogens is 180 g/mol. The van der Waals surface area contributed by atoms with Crippen LogP contribution >= 0.6 is 0 Å². The molecule has 0 saturated heterocycles. The number of aliphatic hydroxyl groups is 1. The summed E-state index contributed by atoms with van der Waals surface area (Å²) in [6, 6.07) is 2.80. The van der Waals surface area contributed by atoms with Gasteiger partial charge in [-0.2, -0.15) is 0 Å². The fourth-order valence-electron chi connectivity index (χ4n) is 0.753. The number of hydrogen-bond acceptors (Lipinski definition) is 4. The molecule has 0 aromatic carbocycles. The average molecular weight is 190 g/mol. The molecule has 0 bridgehead atoms. The summed E-state index contributed by atoms with van der Waals surface area (Å²) in [4.78, 5) is 0. The van der Waals surface area contributed by atoms with E-state index in [0.717, 1.165) is 0 Å². The van der Waals surface area contributed by atoms with Crippen LogP contribution in [0.15, 0.2) is 21.6 Å². The van der Waals surface area contributed by atoms with Gasteiger partial charge in [-0.1, -0.05) is 6.92 Å². The Labute approximate surface area is 70.7 Å². The van der Waals surface area contributed by atoms with Gasteiger partial charge in [0.15, 0.2) is 0 Å². The quantitative estimate of drug-likeness (QED) is 0.756. The van der Waals surface area contributed by atoms with Crippen LogP contribution in [-0.2, 0) is 16.4 Å². The lowest BCUT2D eigenvalue weighted by Crippen LogP contribution is -2.01. The van der Waals surface area contributed by atoms with Gasteiger partial charge >= 0.3 is 0 Å². The van der Waals surface area contributed by atoms with Crippen LogP contribution in [0.2, 0.25) is 0 Å². The average Bonchev–Trinajstić information content (AvgIpc) is 2.52. The molecule has 0 aliphatic carbocycles. The molecule has 0 amide bonds. The lowest BCUT2D eigenvalue weighted by Gasteiger charge is -1.94. The summed E-state index contributed by atoms with van der Waals surface area (Å²) in [5.41, 5.74) is 0. The van der Waals surface area contributed by atoms with Gasteiger partial charge in [0.05, 0.1) is 5.75 Å². The molecule has 0 atom stereocenters. The molecule has 1 aromatic rings. The van der Waals surface area contributed by atoms with Gasteiger partial charge in [-0.25, -0.2) is 8.42 Å². The lowest BCUT2D eigenvalue weighted by molar-refractivity contribution is 0.236. The highest BCUT2D eigenvalue weighted by Crippen LogP contribution is 2.14. The van der Waals surface area contributed by atoms with Gasteiger partial charge in [0, 0.05) is 0 Å². The van der Waals surface area contributed by atoms with E-state index in [-0.39, 0.29) is 23.2 Å². The summed E-state index contributed by atoms with van der Waals surface area (Å²) in [6.07, 6.45) is 0. The van der Waals surface area contributed by atoms with Gasteiger partial charge < -0.3 is 9.52 Å². The van der Waals surface area contributed by atoms with E-state index in [1.54, 1.807) is 0 Å². The third-order valence-electron chi connectivity index (χ3n) is 1.48. The van der Waals surface area contributed by atoms with Crippen LogP contribution < -0.4 is 0 Å². The minimum Gasteiger partial charge on any atom is -0.447 e. The highest BCUT2D eigenvalue weighted by atomic mass is 32.2. The summed E-state index contributed by atoms with van der Waals surface area (Å²) in [7, 11) is -3.27. The predicted octanol–water partition coefficient (Wildman–Crippen LogP) is 0.566. The minimum absolute atomic E-state index is 0.00534. The molecule has 1 N–H and O–H groups in total. The van der Waals surface area contributed by atoms with Crippen molar-refractivity contribution in [2.24, 2.45) is 0 Å². The van der Waals surface area contributed by atoms with Crippen molar-refractivity contribution in [3.05, 3.63) is 17.9 Å². The highest BCUT2D eigenvalue weighted by molar-refractivity contribution is 7.91. The Morgan fingerprint density at radius 3 is 2.58 bits per heavy atom. The molecule has 68 valence electrons. The van der Waals surface area contributed by atoms with Gasteiger partial charge in [-0.3, -0.25) is 0 Å². The maximum atomic E-state index is 11.2. The van der Waals surface area contributed by atoms with Gasteiger partial charge in [-0.15, -0.1) is 0 Å². The summed E-state index contributed by atoms with van der Waals surface area (Å²) < 4.78 is 27.2. The van der Waals surface area contributed by atoms with Crippen LogP contribution in [0.25, 0.3) is 0 Å². The molecule has 0 radical (unpaired) electrons. The zero-order valence-electron chi connectivity index (χ0n) is 6.65. The molecule has 0 aliphatic heterocycles. The van der Waals surface area contributed by atoms with Crippen molar-refractivity contribution < 1.29 is 17.9 Å². The van der Waals surface area contributed by atoms with Crippen molar-refractivity contribution >= 4 is 9.84 Å². The van der Waals surface area contributed by atoms with E-state index < -0.39 is 9.84 Å². The first-order valence-electron chi connectivity index (χ1n) is 3.52. The summed E-state index contributed by atoms with van der Waals surface area (Å²) in [5.74, 6) is 0.271. The molecule has 1 rings (SSSR count). The lowest BCUT2D eigenvalue weighted by atomic mass is 10.5. The third kappa shape index (κ3) is 1.67. The highest BCUT2D eigenvalue weighted by Gasteiger charge is 2.15. The SMILES string of the molecule is CCS(=O)(=O)c1ccc(CO)o1. The van der Waals surface area contributed by atoms with Crippen LogP contribution in [0.4, 0.5) is 0 Å². The smallest absolute Gasteiger partial charge is 0.218 e. The zero-order valence-corrected chi connectivity index (χ0v) is 7.47. The monoisotopic (exact) mass is 190 g/mol. The fourth-order valence-corrected chi connectivity index (χ4v) is 1.55. The number of furan rings is 1. The van der Waals surface area contributed by atoms with Gasteiger partial charge in [0.2, 0.25) is 14.9 Å². The van der Waals surface area contributed by atoms with Crippen molar-refractivity contribution in [3.8, 4) is 0 Å². The molecule has 0 fully saturated rings. The second-order valence-corrected chi connectivity index (χ2v) is 4.49. The van der Waals surface area contributed by atoms with E-state index >= 15 is 0 Å². The van der Waals surface area contributed by atoms with E-state index in [9.17, 15) is 8.42 Å². The van der Waals surface area contributed by atoms with Crippen LogP contribution in [0.5, 0.6) is 0 Å². The van der Waals surface area contributed by atoms with Crippen molar-refractivity contribution in [1.29, 1.82) is 0 Å². The van der Waals surface area contributed by atoms with E-state index in [0.29, 0.717) is 0 Å². The first kappa shape index (κ1) is 9.28. The molecule has 12 heavy (non-hydrogen) atoms. The molecular formula is C7H10O4S. The largest absolute Gasteiger partial charge is 0.447 e. The van der Waals surface area contributed by atoms with Crippen LogP contribution in [-0.4, -0.2) is 19.3 Å². The van der Waals surface area contributed by atoms with E-state index in [1.165, 1.54) is 19.1 Å². The molecule has 1 aromatic heterocycles. The van der Waals surface area contributed by atoms with Crippen molar-refractivity contribution in [2.75, 3.05) is 5.75 Å². The fraction of sp³-hybridized carbons (Fsp3) is 0.429. The van der Waals surface area contributed by atoms with Crippen molar-refractivity contribution in [1.82, 2.24) is 0 Å². The van der Waals surface area contributed by atoms with Gasteiger partial charge in [0.25, 0.3) is 0 Å². The standard InChI is InChI=1S/C7H10O4S/c1-2-12(9,10)7-4-3-6(5-8)11-7/h3-4,8H,2,5H2,1H3. The molecule has 0 saturated carbocycles. The van der Waals surface area contributed by atoms with E-state index in [2.05, 4.69) is 0 Å².